The summed E-state index contributed by atoms with van der Waals surface area (Å²) in [6.45, 7) is 4.53. The molecule has 2 aromatic rings. The zero-order valence-electron chi connectivity index (χ0n) is 11.3. The molecule has 1 heterocycles. The van der Waals surface area contributed by atoms with Crippen molar-refractivity contribution in [1.82, 2.24) is 10.3 Å². The molecule has 1 aromatic heterocycles. The Morgan fingerprint density at radius 2 is 2.00 bits per heavy atom. The summed E-state index contributed by atoms with van der Waals surface area (Å²) in [5, 5.41) is 3.84. The summed E-state index contributed by atoms with van der Waals surface area (Å²) in [6.07, 6.45) is 0. The third-order valence-electron chi connectivity index (χ3n) is 3.19. The highest BCUT2D eigenvalue weighted by Gasteiger charge is 2.12. The first-order chi connectivity index (χ1) is 9.08. The van der Waals surface area contributed by atoms with E-state index in [0.29, 0.717) is 18.2 Å². The lowest BCUT2D eigenvalue weighted by Crippen LogP contribution is -2.40. The van der Waals surface area contributed by atoms with Crippen molar-refractivity contribution < 1.29 is 4.79 Å². The van der Waals surface area contributed by atoms with Crippen molar-refractivity contribution in [1.29, 1.82) is 0 Å². The number of hydrogen-bond acceptors (Lipinski definition) is 3. The molecule has 3 N–H and O–H groups in total. The summed E-state index contributed by atoms with van der Waals surface area (Å²) in [7, 11) is 0. The highest BCUT2D eigenvalue weighted by atomic mass is 16.1. The molecule has 19 heavy (non-hydrogen) atoms. The maximum Gasteiger partial charge on any atom is 0.269 e. The molecule has 1 amide bonds. The number of nitrogens with two attached hydrogens (primary N) is 1. The van der Waals surface area contributed by atoms with E-state index in [1.807, 2.05) is 44.2 Å². The van der Waals surface area contributed by atoms with Gasteiger partial charge in [-0.2, -0.15) is 0 Å². The van der Waals surface area contributed by atoms with Gasteiger partial charge in [0, 0.05) is 18.0 Å². The van der Waals surface area contributed by atoms with Crippen LogP contribution in [0.4, 0.5) is 0 Å². The third-order valence-corrected chi connectivity index (χ3v) is 3.19. The Morgan fingerprint density at radius 3 is 2.74 bits per heavy atom. The number of aromatic nitrogens is 1. The average molecular weight is 257 g/mol. The van der Waals surface area contributed by atoms with E-state index in [4.69, 9.17) is 5.73 Å². The number of fused-ring (bicyclic) bond motifs is 1. The highest BCUT2D eigenvalue weighted by Crippen LogP contribution is 2.11. The number of pyridine rings is 1. The number of nitrogens with zero attached hydrogens (tertiary/aromatic N) is 1. The number of hydrogen-bond donors (Lipinski definition) is 2. The fourth-order valence-electron chi connectivity index (χ4n) is 1.73. The van der Waals surface area contributed by atoms with E-state index in [1.54, 1.807) is 6.07 Å². The van der Waals surface area contributed by atoms with Crippen LogP contribution in [0.5, 0.6) is 0 Å². The van der Waals surface area contributed by atoms with Crippen LogP contribution in [0.2, 0.25) is 0 Å². The van der Waals surface area contributed by atoms with Gasteiger partial charge in [-0.1, -0.05) is 38.1 Å². The van der Waals surface area contributed by atoms with Gasteiger partial charge < -0.3 is 11.1 Å². The molecule has 0 aliphatic heterocycles. The molecular weight excluding hydrogens is 238 g/mol. The van der Waals surface area contributed by atoms with Crippen LogP contribution in [0.15, 0.2) is 36.4 Å². The second-order valence-electron chi connectivity index (χ2n) is 5.01. The lowest BCUT2D eigenvalue weighted by Gasteiger charge is -2.15. The van der Waals surface area contributed by atoms with Gasteiger partial charge >= 0.3 is 0 Å². The molecule has 0 saturated carbocycles. The molecule has 0 saturated heterocycles. The summed E-state index contributed by atoms with van der Waals surface area (Å²) in [4.78, 5) is 16.3. The molecule has 0 spiro atoms. The van der Waals surface area contributed by atoms with Gasteiger partial charge in [0.15, 0.2) is 0 Å². The van der Waals surface area contributed by atoms with Crippen LogP contribution in [0, 0.1) is 5.92 Å². The van der Waals surface area contributed by atoms with Gasteiger partial charge in [0.2, 0.25) is 0 Å². The molecule has 0 fully saturated rings. The van der Waals surface area contributed by atoms with Crippen molar-refractivity contribution >= 4 is 16.8 Å². The molecule has 0 aliphatic rings. The molecule has 2 rings (SSSR count). The summed E-state index contributed by atoms with van der Waals surface area (Å²) < 4.78 is 0. The number of amides is 1. The molecule has 0 aliphatic carbocycles. The fourth-order valence-corrected chi connectivity index (χ4v) is 1.73. The van der Waals surface area contributed by atoms with Crippen molar-refractivity contribution in [3.63, 3.8) is 0 Å². The van der Waals surface area contributed by atoms with Crippen LogP contribution in [-0.2, 0) is 0 Å². The van der Waals surface area contributed by atoms with Crippen molar-refractivity contribution in [2.45, 2.75) is 19.9 Å². The number of rotatable bonds is 4. The Kier molecular flexibility index (Phi) is 4.12. The van der Waals surface area contributed by atoms with E-state index in [-0.39, 0.29) is 11.9 Å². The van der Waals surface area contributed by atoms with Crippen molar-refractivity contribution in [3.8, 4) is 0 Å². The topological polar surface area (TPSA) is 68.0 Å². The summed E-state index contributed by atoms with van der Waals surface area (Å²) in [5.41, 5.74) is 7.15. The molecule has 0 radical (unpaired) electrons. The Hall–Kier alpha value is -1.94. The van der Waals surface area contributed by atoms with E-state index in [0.717, 1.165) is 10.9 Å². The van der Waals surface area contributed by atoms with Gasteiger partial charge in [-0.3, -0.25) is 4.79 Å². The number of para-hydroxylation sites is 1. The lowest BCUT2D eigenvalue weighted by molar-refractivity contribution is 0.0944. The van der Waals surface area contributed by atoms with Crippen LogP contribution >= 0.6 is 0 Å². The number of nitrogens with one attached hydrogen (secondary N) is 1. The standard InChI is InChI=1S/C15H19N3O/c1-10(2)12(16)9-17-15(19)14-8-7-11-5-3-4-6-13(11)18-14/h3-8,10,12H,9,16H2,1-2H3,(H,17,19). The maximum atomic E-state index is 12.0. The fraction of sp³-hybridized carbons (Fsp3) is 0.333. The summed E-state index contributed by atoms with van der Waals surface area (Å²) in [6, 6.07) is 11.3. The minimum Gasteiger partial charge on any atom is -0.349 e. The predicted octanol–water partition coefficient (Wildman–Crippen LogP) is 1.95. The number of carbonyl (C=O) groups is 1. The van der Waals surface area contributed by atoms with Crippen LogP contribution in [-0.4, -0.2) is 23.5 Å². The largest absolute Gasteiger partial charge is 0.349 e. The van der Waals surface area contributed by atoms with Gasteiger partial charge in [-0.15, -0.1) is 0 Å². The van der Waals surface area contributed by atoms with E-state index < -0.39 is 0 Å². The minimum atomic E-state index is -0.179. The van der Waals surface area contributed by atoms with Gasteiger partial charge in [0.05, 0.1) is 5.52 Å². The van der Waals surface area contributed by atoms with Gasteiger partial charge in [0.25, 0.3) is 5.91 Å². The van der Waals surface area contributed by atoms with Crippen LogP contribution < -0.4 is 11.1 Å². The quantitative estimate of drug-likeness (QED) is 0.879. The second-order valence-corrected chi connectivity index (χ2v) is 5.01. The van der Waals surface area contributed by atoms with E-state index in [2.05, 4.69) is 10.3 Å². The molecule has 1 atom stereocenters. The Bertz CT molecular complexity index is 580. The smallest absolute Gasteiger partial charge is 0.269 e. The zero-order valence-corrected chi connectivity index (χ0v) is 11.3. The van der Waals surface area contributed by atoms with Crippen LogP contribution in [0.25, 0.3) is 10.9 Å². The van der Waals surface area contributed by atoms with E-state index >= 15 is 0 Å². The van der Waals surface area contributed by atoms with Crippen molar-refractivity contribution in [3.05, 3.63) is 42.1 Å². The number of carbonyl (C=O) groups excluding carboxylic acids is 1. The average Bonchev–Trinajstić information content (AvgIpc) is 2.43. The predicted molar refractivity (Wildman–Crippen MR) is 76.9 cm³/mol. The molecule has 4 heteroatoms. The SMILES string of the molecule is CC(C)C(N)CNC(=O)c1ccc2ccccc2n1. The second kappa shape index (κ2) is 5.80. The molecule has 1 aromatic carbocycles. The first-order valence-electron chi connectivity index (χ1n) is 6.47. The Balaban J connectivity index is 2.09. The molecule has 100 valence electrons. The first kappa shape index (κ1) is 13.5. The maximum absolute atomic E-state index is 12.0. The number of benzene rings is 1. The normalized spacial score (nSPS) is 12.6. The molecule has 0 bridgehead atoms. The van der Waals surface area contributed by atoms with Gasteiger partial charge in [0.1, 0.15) is 5.69 Å². The van der Waals surface area contributed by atoms with Crippen molar-refractivity contribution in [2.24, 2.45) is 11.7 Å². The van der Waals surface area contributed by atoms with Crippen molar-refractivity contribution in [2.75, 3.05) is 6.54 Å². The van der Waals surface area contributed by atoms with E-state index in [1.165, 1.54) is 0 Å². The Morgan fingerprint density at radius 1 is 1.26 bits per heavy atom. The zero-order chi connectivity index (χ0) is 13.8. The summed E-state index contributed by atoms with van der Waals surface area (Å²) >= 11 is 0. The minimum absolute atomic E-state index is 0.0376. The monoisotopic (exact) mass is 257 g/mol. The van der Waals surface area contributed by atoms with Crippen LogP contribution in [0.3, 0.4) is 0 Å². The van der Waals surface area contributed by atoms with Gasteiger partial charge in [-0.05, 0) is 18.1 Å². The van der Waals surface area contributed by atoms with Gasteiger partial charge in [-0.25, -0.2) is 4.98 Å². The molecule has 1 unspecified atom stereocenters. The van der Waals surface area contributed by atoms with Crippen LogP contribution in [0.1, 0.15) is 24.3 Å². The highest BCUT2D eigenvalue weighted by molar-refractivity contribution is 5.94. The molecular formula is C15H19N3O. The van der Waals surface area contributed by atoms with E-state index in [9.17, 15) is 4.79 Å². The molecule has 4 nitrogen and oxygen atoms in total. The lowest BCUT2D eigenvalue weighted by atomic mass is 10.1. The Labute approximate surface area is 113 Å². The third kappa shape index (κ3) is 3.29. The first-order valence-corrected chi connectivity index (χ1v) is 6.47. The summed E-state index contributed by atoms with van der Waals surface area (Å²) in [5.74, 6) is 0.159.